The predicted molar refractivity (Wildman–Crippen MR) is 114 cm³/mol. The van der Waals surface area contributed by atoms with Crippen molar-refractivity contribution in [1.29, 1.82) is 0 Å². The van der Waals surface area contributed by atoms with Gasteiger partial charge in [-0.25, -0.2) is 9.97 Å². The van der Waals surface area contributed by atoms with Crippen molar-refractivity contribution < 1.29 is 19.0 Å². The number of hydrogen-bond acceptors (Lipinski definition) is 7. The van der Waals surface area contributed by atoms with Crippen LogP contribution in [0.25, 0.3) is 11.0 Å². The Hall–Kier alpha value is -2.41. The number of methoxy groups -OCH3 is 2. The zero-order chi connectivity index (χ0) is 20.9. The number of carbonyl (C=O) groups is 1. The summed E-state index contributed by atoms with van der Waals surface area (Å²) in [6.45, 7) is 0.582. The number of unbranched alkanes of at least 4 members (excludes halogenated alkanes) is 2. The largest absolute Gasteiger partial charge is 0.497 e. The molecule has 1 N–H and O–H groups in total. The van der Waals surface area contributed by atoms with Crippen LogP contribution in [0, 0.1) is 5.92 Å². The smallest absolute Gasteiger partial charge is 0.323 e. The fourth-order valence-corrected chi connectivity index (χ4v) is 4.02. The predicted octanol–water partition coefficient (Wildman–Crippen LogP) is 3.43. The summed E-state index contributed by atoms with van der Waals surface area (Å²) in [5.41, 5.74) is 2.48. The quantitative estimate of drug-likeness (QED) is 0.472. The topological polar surface area (TPSA) is 82.6 Å². The molecule has 2 heterocycles. The Morgan fingerprint density at radius 1 is 1.13 bits per heavy atom. The van der Waals surface area contributed by atoms with Crippen molar-refractivity contribution >= 4 is 17.0 Å². The molecule has 1 saturated carbocycles. The number of fused-ring (bicyclic) bond motifs is 1. The van der Waals surface area contributed by atoms with Crippen LogP contribution in [0.15, 0.2) is 18.2 Å². The van der Waals surface area contributed by atoms with E-state index >= 15 is 0 Å². The summed E-state index contributed by atoms with van der Waals surface area (Å²) in [6, 6.07) is 5.38. The summed E-state index contributed by atoms with van der Waals surface area (Å²) >= 11 is 0. The van der Waals surface area contributed by atoms with Gasteiger partial charge in [0.05, 0.1) is 25.3 Å². The molecule has 1 saturated heterocycles. The molecule has 0 radical (unpaired) electrons. The SMILES string of the molecule is COC(=O)[C@@H]1CC(Oc2nc3cc(OC)ccc3nc2CCCCCC2CC2)CN1. The first kappa shape index (κ1) is 20.8. The summed E-state index contributed by atoms with van der Waals surface area (Å²) in [6.07, 6.45) is 9.02. The molecule has 0 spiro atoms. The summed E-state index contributed by atoms with van der Waals surface area (Å²) in [7, 11) is 3.04. The van der Waals surface area contributed by atoms with Gasteiger partial charge in [0.25, 0.3) is 0 Å². The van der Waals surface area contributed by atoms with Crippen LogP contribution in [0.3, 0.4) is 0 Å². The molecule has 2 aromatic rings. The van der Waals surface area contributed by atoms with Crippen LogP contribution in [0.4, 0.5) is 0 Å². The van der Waals surface area contributed by atoms with Crippen LogP contribution in [-0.2, 0) is 16.0 Å². The fraction of sp³-hybridized carbons (Fsp3) is 0.609. The second-order valence-electron chi connectivity index (χ2n) is 8.33. The molecule has 162 valence electrons. The normalized spacial score (nSPS) is 21.0. The molecule has 0 amide bonds. The van der Waals surface area contributed by atoms with Crippen LogP contribution < -0.4 is 14.8 Å². The third-order valence-corrected chi connectivity index (χ3v) is 5.98. The number of aromatic nitrogens is 2. The molecule has 1 aliphatic heterocycles. The maximum Gasteiger partial charge on any atom is 0.323 e. The molecule has 7 heteroatoms. The third-order valence-electron chi connectivity index (χ3n) is 5.98. The molecule has 2 aliphatic rings. The Bertz CT molecular complexity index is 884. The van der Waals surface area contributed by atoms with Crippen LogP contribution in [0.5, 0.6) is 11.6 Å². The van der Waals surface area contributed by atoms with Gasteiger partial charge in [-0.15, -0.1) is 0 Å². The molecule has 2 fully saturated rings. The van der Waals surface area contributed by atoms with Crippen LogP contribution in [0.1, 0.15) is 50.6 Å². The molecule has 1 aromatic carbocycles. The third kappa shape index (κ3) is 5.19. The van der Waals surface area contributed by atoms with E-state index in [2.05, 4.69) is 5.32 Å². The average Bonchev–Trinajstić information content (AvgIpc) is 3.48. The number of carbonyl (C=O) groups excluding carboxylic acids is 1. The van der Waals surface area contributed by atoms with Crippen molar-refractivity contribution in [2.24, 2.45) is 5.92 Å². The average molecular weight is 414 g/mol. The van der Waals surface area contributed by atoms with Crippen molar-refractivity contribution in [3.63, 3.8) is 0 Å². The lowest BCUT2D eigenvalue weighted by molar-refractivity contribution is -0.142. The second-order valence-corrected chi connectivity index (χ2v) is 8.33. The van der Waals surface area contributed by atoms with E-state index in [4.69, 9.17) is 24.2 Å². The summed E-state index contributed by atoms with van der Waals surface area (Å²) in [4.78, 5) is 21.4. The number of rotatable bonds is 10. The van der Waals surface area contributed by atoms with E-state index in [1.54, 1.807) is 7.11 Å². The standard InChI is InChI=1S/C23H31N3O4/c1-28-16-10-11-18-20(12-16)26-22(30-17-13-21(24-14-17)23(27)29-2)19(25-18)7-5-3-4-6-15-8-9-15/h10-12,15,17,21,24H,3-9,13-14H2,1-2H3/t17?,21-/m0/s1. The number of benzene rings is 1. The number of hydrogen-bond donors (Lipinski definition) is 1. The van der Waals surface area contributed by atoms with Gasteiger partial charge in [0, 0.05) is 19.0 Å². The summed E-state index contributed by atoms with van der Waals surface area (Å²) < 4.78 is 16.4. The van der Waals surface area contributed by atoms with Gasteiger partial charge in [0.2, 0.25) is 5.88 Å². The Kier molecular flexibility index (Phi) is 6.67. The maximum atomic E-state index is 11.8. The van der Waals surface area contributed by atoms with Crippen molar-refractivity contribution in [2.75, 3.05) is 20.8 Å². The van der Waals surface area contributed by atoms with Crippen molar-refractivity contribution in [3.05, 3.63) is 23.9 Å². The van der Waals surface area contributed by atoms with Crippen molar-refractivity contribution in [3.8, 4) is 11.6 Å². The van der Waals surface area contributed by atoms with E-state index in [1.165, 1.54) is 39.2 Å². The molecule has 7 nitrogen and oxygen atoms in total. The number of nitrogens with zero attached hydrogens (tertiary/aromatic N) is 2. The number of ether oxygens (including phenoxy) is 3. The van der Waals surface area contributed by atoms with E-state index < -0.39 is 0 Å². The first-order chi connectivity index (χ1) is 14.7. The van der Waals surface area contributed by atoms with E-state index in [1.807, 2.05) is 18.2 Å². The minimum atomic E-state index is -0.334. The van der Waals surface area contributed by atoms with Gasteiger partial charge in [-0.1, -0.05) is 32.1 Å². The fourth-order valence-electron chi connectivity index (χ4n) is 4.02. The molecular formula is C23H31N3O4. The lowest BCUT2D eigenvalue weighted by Gasteiger charge is -2.16. The molecule has 2 atom stereocenters. The molecule has 1 aliphatic carbocycles. The number of esters is 1. The summed E-state index contributed by atoms with van der Waals surface area (Å²) in [5.74, 6) is 2.03. The van der Waals surface area contributed by atoms with Gasteiger partial charge in [-0.2, -0.15) is 0 Å². The van der Waals surface area contributed by atoms with Crippen molar-refractivity contribution in [2.45, 2.75) is 63.5 Å². The minimum Gasteiger partial charge on any atom is -0.497 e. The molecule has 1 unspecified atom stereocenters. The van der Waals surface area contributed by atoms with E-state index in [9.17, 15) is 4.79 Å². The first-order valence-electron chi connectivity index (χ1n) is 11.0. The van der Waals surface area contributed by atoms with E-state index in [0.717, 1.165) is 41.2 Å². The van der Waals surface area contributed by atoms with Gasteiger partial charge in [0.15, 0.2) is 0 Å². The maximum absolute atomic E-state index is 11.8. The highest BCUT2D eigenvalue weighted by molar-refractivity contribution is 5.77. The van der Waals surface area contributed by atoms with E-state index in [-0.39, 0.29) is 18.1 Å². The molecule has 0 bridgehead atoms. The number of nitrogens with one attached hydrogen (secondary N) is 1. The Balaban J connectivity index is 1.47. The Labute approximate surface area is 177 Å². The monoisotopic (exact) mass is 413 g/mol. The number of aryl methyl sites for hydroxylation is 1. The highest BCUT2D eigenvalue weighted by Gasteiger charge is 2.32. The molecule has 30 heavy (non-hydrogen) atoms. The zero-order valence-electron chi connectivity index (χ0n) is 17.9. The van der Waals surface area contributed by atoms with Gasteiger partial charge in [-0.3, -0.25) is 4.79 Å². The zero-order valence-corrected chi connectivity index (χ0v) is 17.9. The minimum absolute atomic E-state index is 0.139. The lowest BCUT2D eigenvalue weighted by atomic mass is 10.1. The highest BCUT2D eigenvalue weighted by Crippen LogP contribution is 2.34. The van der Waals surface area contributed by atoms with Gasteiger partial charge >= 0.3 is 5.97 Å². The van der Waals surface area contributed by atoms with Gasteiger partial charge in [0.1, 0.15) is 23.6 Å². The summed E-state index contributed by atoms with van der Waals surface area (Å²) in [5, 5.41) is 3.16. The van der Waals surface area contributed by atoms with Gasteiger partial charge < -0.3 is 19.5 Å². The molecular weight excluding hydrogens is 382 g/mol. The molecule has 4 rings (SSSR count). The Morgan fingerprint density at radius 3 is 2.77 bits per heavy atom. The van der Waals surface area contributed by atoms with Crippen LogP contribution >= 0.6 is 0 Å². The second kappa shape index (κ2) is 9.60. The first-order valence-corrected chi connectivity index (χ1v) is 11.0. The highest BCUT2D eigenvalue weighted by atomic mass is 16.5. The van der Waals surface area contributed by atoms with Gasteiger partial charge in [-0.05, 0) is 30.9 Å². The van der Waals surface area contributed by atoms with Crippen LogP contribution in [-0.4, -0.2) is 48.8 Å². The van der Waals surface area contributed by atoms with Crippen LogP contribution in [0.2, 0.25) is 0 Å². The van der Waals surface area contributed by atoms with Crippen molar-refractivity contribution in [1.82, 2.24) is 15.3 Å². The Morgan fingerprint density at radius 2 is 2.00 bits per heavy atom. The molecule has 1 aromatic heterocycles. The lowest BCUT2D eigenvalue weighted by Crippen LogP contribution is -2.31. The van der Waals surface area contributed by atoms with E-state index in [0.29, 0.717) is 18.8 Å².